The Bertz CT molecular complexity index is 488. The zero-order chi connectivity index (χ0) is 11.8. The number of benzene rings is 1. The molecule has 0 spiro atoms. The van der Waals surface area contributed by atoms with Gasteiger partial charge in [0, 0.05) is 5.02 Å². The van der Waals surface area contributed by atoms with E-state index in [0.29, 0.717) is 16.3 Å². The maximum atomic E-state index is 12.3. The molecule has 84 valence electrons. The highest BCUT2D eigenvalue weighted by Crippen LogP contribution is 2.28. The number of rotatable bonds is 1. The van der Waals surface area contributed by atoms with Crippen LogP contribution in [0.4, 0.5) is 13.2 Å². The first kappa shape index (κ1) is 11.0. The number of alkyl halides is 3. The van der Waals surface area contributed by atoms with Crippen LogP contribution in [0.15, 0.2) is 30.5 Å². The predicted octanol–water partition coefficient (Wildman–Crippen LogP) is 3.75. The minimum atomic E-state index is -4.45. The van der Waals surface area contributed by atoms with Gasteiger partial charge in [0.05, 0.1) is 11.9 Å². The molecule has 0 atom stereocenters. The molecule has 0 saturated heterocycles. The average Bonchev–Trinajstić information content (AvgIpc) is 2.67. The van der Waals surface area contributed by atoms with Crippen molar-refractivity contribution < 1.29 is 13.2 Å². The van der Waals surface area contributed by atoms with Gasteiger partial charge in [-0.3, -0.25) is 0 Å². The summed E-state index contributed by atoms with van der Waals surface area (Å²) in [7, 11) is 0. The van der Waals surface area contributed by atoms with Gasteiger partial charge in [-0.1, -0.05) is 23.7 Å². The molecular weight excluding hydrogens is 241 g/mol. The maximum absolute atomic E-state index is 12.3. The molecule has 0 amide bonds. The standard InChI is InChI=1S/C10H6ClF3N2/c11-7-3-1-6(2-4-7)8-5-15-9(16-8)10(12,13)14/h1-5H,(H,15,16). The van der Waals surface area contributed by atoms with Crippen LogP contribution in [0, 0.1) is 0 Å². The summed E-state index contributed by atoms with van der Waals surface area (Å²) in [5, 5.41) is 0.527. The molecule has 6 heteroatoms. The number of aromatic nitrogens is 2. The van der Waals surface area contributed by atoms with Gasteiger partial charge in [0.15, 0.2) is 0 Å². The number of hydrogen-bond acceptors (Lipinski definition) is 1. The normalized spacial score (nSPS) is 11.8. The van der Waals surface area contributed by atoms with Crippen molar-refractivity contribution in [3.05, 3.63) is 41.3 Å². The van der Waals surface area contributed by atoms with Crippen LogP contribution in [0.25, 0.3) is 11.3 Å². The lowest BCUT2D eigenvalue weighted by atomic mass is 10.2. The van der Waals surface area contributed by atoms with Crippen molar-refractivity contribution in [3.8, 4) is 11.3 Å². The van der Waals surface area contributed by atoms with Crippen LogP contribution in [-0.4, -0.2) is 9.97 Å². The Kier molecular flexibility index (Phi) is 2.63. The molecule has 0 unspecified atom stereocenters. The molecule has 1 aromatic heterocycles. The first-order valence-electron chi connectivity index (χ1n) is 4.35. The van der Waals surface area contributed by atoms with E-state index in [4.69, 9.17) is 11.6 Å². The number of H-pyrrole nitrogens is 1. The van der Waals surface area contributed by atoms with Crippen LogP contribution in [0.3, 0.4) is 0 Å². The maximum Gasteiger partial charge on any atom is 0.449 e. The molecular formula is C10H6ClF3N2. The molecule has 2 aromatic rings. The van der Waals surface area contributed by atoms with Gasteiger partial charge in [0.1, 0.15) is 0 Å². The molecule has 0 aliphatic carbocycles. The van der Waals surface area contributed by atoms with Gasteiger partial charge < -0.3 is 4.98 Å². The minimum Gasteiger partial charge on any atom is -0.334 e. The van der Waals surface area contributed by atoms with Crippen molar-refractivity contribution >= 4 is 11.6 Å². The fraction of sp³-hybridized carbons (Fsp3) is 0.100. The van der Waals surface area contributed by atoms with Gasteiger partial charge in [-0.15, -0.1) is 0 Å². The van der Waals surface area contributed by atoms with Gasteiger partial charge >= 0.3 is 6.18 Å². The van der Waals surface area contributed by atoms with E-state index in [-0.39, 0.29) is 0 Å². The first-order chi connectivity index (χ1) is 7.47. The predicted molar refractivity (Wildman–Crippen MR) is 54.0 cm³/mol. The minimum absolute atomic E-state index is 0.309. The lowest BCUT2D eigenvalue weighted by Crippen LogP contribution is -2.07. The highest BCUT2D eigenvalue weighted by Gasteiger charge is 2.34. The number of hydrogen-bond donors (Lipinski definition) is 1. The molecule has 0 saturated carbocycles. The Hall–Kier alpha value is -1.49. The number of imidazole rings is 1. The topological polar surface area (TPSA) is 28.7 Å². The van der Waals surface area contributed by atoms with Gasteiger partial charge in [-0.25, -0.2) is 4.98 Å². The fourth-order valence-corrected chi connectivity index (χ4v) is 1.37. The van der Waals surface area contributed by atoms with Gasteiger partial charge in [0.25, 0.3) is 0 Å². The van der Waals surface area contributed by atoms with E-state index in [1.807, 2.05) is 0 Å². The van der Waals surface area contributed by atoms with Gasteiger partial charge in [-0.05, 0) is 17.7 Å². The molecule has 1 aromatic carbocycles. The van der Waals surface area contributed by atoms with E-state index < -0.39 is 12.0 Å². The molecule has 2 rings (SSSR count). The summed E-state index contributed by atoms with van der Waals surface area (Å²) in [6.45, 7) is 0. The molecule has 0 fully saturated rings. The fourth-order valence-electron chi connectivity index (χ4n) is 1.24. The third-order valence-electron chi connectivity index (χ3n) is 2.00. The van der Waals surface area contributed by atoms with Crippen LogP contribution >= 0.6 is 11.6 Å². The van der Waals surface area contributed by atoms with E-state index in [1.165, 1.54) is 0 Å². The molecule has 0 radical (unpaired) electrons. The van der Waals surface area contributed by atoms with E-state index in [9.17, 15) is 13.2 Å². The van der Waals surface area contributed by atoms with E-state index in [0.717, 1.165) is 6.20 Å². The highest BCUT2D eigenvalue weighted by molar-refractivity contribution is 6.30. The summed E-state index contributed by atoms with van der Waals surface area (Å²) in [6.07, 6.45) is -3.31. The summed E-state index contributed by atoms with van der Waals surface area (Å²) in [6, 6.07) is 6.45. The van der Waals surface area contributed by atoms with Crippen LogP contribution in [-0.2, 0) is 6.18 Å². The molecule has 0 aliphatic heterocycles. The highest BCUT2D eigenvalue weighted by atomic mass is 35.5. The molecule has 2 nitrogen and oxygen atoms in total. The smallest absolute Gasteiger partial charge is 0.334 e. The first-order valence-corrected chi connectivity index (χ1v) is 4.73. The van der Waals surface area contributed by atoms with Crippen molar-refractivity contribution in [1.82, 2.24) is 9.97 Å². The summed E-state index contributed by atoms with van der Waals surface area (Å²) in [5.41, 5.74) is 0.913. The quantitative estimate of drug-likeness (QED) is 0.816. The number of nitrogens with zero attached hydrogens (tertiary/aromatic N) is 1. The van der Waals surface area contributed by atoms with Crippen molar-refractivity contribution in [3.63, 3.8) is 0 Å². The largest absolute Gasteiger partial charge is 0.449 e. The van der Waals surface area contributed by atoms with Crippen molar-refractivity contribution in [2.75, 3.05) is 0 Å². The van der Waals surface area contributed by atoms with Gasteiger partial charge in [-0.2, -0.15) is 13.2 Å². The SMILES string of the molecule is FC(F)(F)c1ncc(-c2ccc(Cl)cc2)[nH]1. The monoisotopic (exact) mass is 246 g/mol. The lowest BCUT2D eigenvalue weighted by molar-refractivity contribution is -0.144. The average molecular weight is 247 g/mol. The van der Waals surface area contributed by atoms with Crippen molar-refractivity contribution in [1.29, 1.82) is 0 Å². The second kappa shape index (κ2) is 3.83. The zero-order valence-electron chi connectivity index (χ0n) is 7.85. The zero-order valence-corrected chi connectivity index (χ0v) is 8.60. The Morgan fingerprint density at radius 3 is 2.25 bits per heavy atom. The van der Waals surface area contributed by atoms with Crippen molar-refractivity contribution in [2.45, 2.75) is 6.18 Å². The Balaban J connectivity index is 2.35. The summed E-state index contributed by atoms with van der Waals surface area (Å²) < 4.78 is 36.8. The third-order valence-corrected chi connectivity index (χ3v) is 2.25. The third kappa shape index (κ3) is 2.19. The second-order valence-corrected chi connectivity index (χ2v) is 3.59. The van der Waals surface area contributed by atoms with Crippen molar-refractivity contribution in [2.24, 2.45) is 0 Å². The number of nitrogens with one attached hydrogen (secondary N) is 1. The summed E-state index contributed by atoms with van der Waals surface area (Å²) >= 11 is 5.67. The Morgan fingerprint density at radius 2 is 1.75 bits per heavy atom. The number of halogens is 4. The summed E-state index contributed by atoms with van der Waals surface area (Å²) in [5.74, 6) is -1.00. The van der Waals surface area contributed by atoms with Crippen LogP contribution in [0.5, 0.6) is 0 Å². The van der Waals surface area contributed by atoms with E-state index >= 15 is 0 Å². The molecule has 0 bridgehead atoms. The molecule has 1 heterocycles. The second-order valence-electron chi connectivity index (χ2n) is 3.15. The van der Waals surface area contributed by atoms with Crippen LogP contribution in [0.1, 0.15) is 5.82 Å². The van der Waals surface area contributed by atoms with Crippen LogP contribution < -0.4 is 0 Å². The van der Waals surface area contributed by atoms with E-state index in [1.54, 1.807) is 24.3 Å². The molecule has 0 aliphatic rings. The Morgan fingerprint density at radius 1 is 1.12 bits per heavy atom. The molecule has 16 heavy (non-hydrogen) atoms. The Labute approximate surface area is 94.1 Å². The van der Waals surface area contributed by atoms with Gasteiger partial charge in [0.2, 0.25) is 5.82 Å². The number of aromatic amines is 1. The summed E-state index contributed by atoms with van der Waals surface area (Å²) in [4.78, 5) is 5.48. The molecule has 1 N–H and O–H groups in total. The van der Waals surface area contributed by atoms with E-state index in [2.05, 4.69) is 9.97 Å². The van der Waals surface area contributed by atoms with Crippen LogP contribution in [0.2, 0.25) is 5.02 Å². The lowest BCUT2D eigenvalue weighted by Gasteiger charge is -2.01.